The van der Waals surface area contributed by atoms with E-state index in [1.54, 1.807) is 30.6 Å². The Morgan fingerprint density at radius 2 is 1.87 bits per heavy atom. The second kappa shape index (κ2) is 8.41. The number of ketones is 1. The van der Waals surface area contributed by atoms with Crippen LogP contribution in [0.2, 0.25) is 5.02 Å². The molecule has 156 valence electrons. The smallest absolute Gasteiger partial charge is 0.294 e. The lowest BCUT2D eigenvalue weighted by atomic mass is 10.1. The Labute approximate surface area is 182 Å². The number of nitrogens with one attached hydrogen (secondary N) is 3. The van der Waals surface area contributed by atoms with Gasteiger partial charge in [0, 0.05) is 19.8 Å². The highest BCUT2D eigenvalue weighted by Crippen LogP contribution is 2.27. The fourth-order valence-electron chi connectivity index (χ4n) is 2.89. The number of likely N-dealkylation sites (N-methyl/N-ethyl adjacent to an activating group) is 1. The van der Waals surface area contributed by atoms with Crippen LogP contribution in [0.15, 0.2) is 55.0 Å². The third-order valence-electron chi connectivity index (χ3n) is 4.45. The summed E-state index contributed by atoms with van der Waals surface area (Å²) in [5, 5.41) is 6.40. The molecule has 0 saturated heterocycles. The van der Waals surface area contributed by atoms with Gasteiger partial charge in [-0.3, -0.25) is 9.59 Å². The second-order valence-electron chi connectivity index (χ2n) is 6.85. The summed E-state index contributed by atoms with van der Waals surface area (Å²) in [7, 11) is 3.05. The first kappa shape index (κ1) is 20.3. The van der Waals surface area contributed by atoms with Crippen molar-refractivity contribution in [1.82, 2.24) is 24.8 Å². The van der Waals surface area contributed by atoms with Crippen LogP contribution in [-0.4, -0.2) is 50.6 Å². The maximum Gasteiger partial charge on any atom is 0.294 e. The monoisotopic (exact) mass is 435 g/mol. The van der Waals surface area contributed by atoms with Crippen molar-refractivity contribution >= 4 is 57.5 Å². The van der Waals surface area contributed by atoms with Crippen LogP contribution in [0.4, 0.5) is 23.1 Å². The summed E-state index contributed by atoms with van der Waals surface area (Å²) in [6, 6.07) is 12.3. The van der Waals surface area contributed by atoms with E-state index in [0.717, 1.165) is 16.7 Å². The van der Waals surface area contributed by atoms with Gasteiger partial charge >= 0.3 is 0 Å². The quantitative estimate of drug-likeness (QED) is 0.312. The molecule has 2 aromatic heterocycles. The van der Waals surface area contributed by atoms with Crippen LogP contribution in [0.25, 0.3) is 11.0 Å². The van der Waals surface area contributed by atoms with E-state index in [9.17, 15) is 9.59 Å². The lowest BCUT2D eigenvalue weighted by Crippen LogP contribution is -2.30. The maximum atomic E-state index is 12.6. The molecule has 31 heavy (non-hydrogen) atoms. The molecule has 0 aliphatic rings. The van der Waals surface area contributed by atoms with Crippen LogP contribution in [0.3, 0.4) is 0 Å². The van der Waals surface area contributed by atoms with Crippen LogP contribution in [0.5, 0.6) is 0 Å². The van der Waals surface area contributed by atoms with E-state index in [2.05, 4.69) is 30.6 Å². The highest BCUT2D eigenvalue weighted by atomic mass is 35.5. The molecule has 0 saturated carbocycles. The summed E-state index contributed by atoms with van der Waals surface area (Å²) in [5.41, 5.74) is 3.09. The predicted molar refractivity (Wildman–Crippen MR) is 119 cm³/mol. The largest absolute Gasteiger partial charge is 0.345 e. The number of benzene rings is 2. The van der Waals surface area contributed by atoms with E-state index in [0.29, 0.717) is 11.6 Å². The average molecular weight is 436 g/mol. The van der Waals surface area contributed by atoms with Crippen LogP contribution in [0.1, 0.15) is 10.4 Å². The van der Waals surface area contributed by atoms with Crippen LogP contribution in [-0.2, 0) is 4.79 Å². The molecule has 0 bridgehead atoms. The third kappa shape index (κ3) is 4.31. The predicted octanol–water partition coefficient (Wildman–Crippen LogP) is 3.76. The maximum absolute atomic E-state index is 12.6. The lowest BCUT2D eigenvalue weighted by molar-refractivity contribution is -0.124. The van der Waals surface area contributed by atoms with E-state index in [1.807, 2.05) is 18.2 Å². The van der Waals surface area contributed by atoms with Gasteiger partial charge in [-0.05, 0) is 30.3 Å². The van der Waals surface area contributed by atoms with E-state index in [1.165, 1.54) is 25.2 Å². The van der Waals surface area contributed by atoms with Gasteiger partial charge in [-0.15, -0.1) is 0 Å². The van der Waals surface area contributed by atoms with Gasteiger partial charge in [-0.1, -0.05) is 23.7 Å². The Kier molecular flexibility index (Phi) is 5.50. The minimum Gasteiger partial charge on any atom is -0.345 e. The number of aromatic amines is 1. The zero-order valence-corrected chi connectivity index (χ0v) is 17.4. The number of H-pyrrole nitrogens is 1. The van der Waals surface area contributed by atoms with E-state index < -0.39 is 11.7 Å². The number of hydrogen-bond acceptors (Lipinski definition) is 7. The molecule has 10 heteroatoms. The summed E-state index contributed by atoms with van der Waals surface area (Å²) in [5.74, 6) is -0.671. The van der Waals surface area contributed by atoms with Crippen molar-refractivity contribution in [2.45, 2.75) is 0 Å². The molecule has 4 rings (SSSR count). The number of carbonyl (C=O) groups is 2. The fourth-order valence-corrected chi connectivity index (χ4v) is 3.03. The minimum absolute atomic E-state index is 0.217. The number of halogens is 1. The number of fused-ring (bicyclic) bond motifs is 1. The van der Waals surface area contributed by atoms with Crippen molar-refractivity contribution in [3.63, 3.8) is 0 Å². The van der Waals surface area contributed by atoms with Gasteiger partial charge in [-0.2, -0.15) is 4.98 Å². The molecule has 0 spiro atoms. The van der Waals surface area contributed by atoms with Gasteiger partial charge < -0.3 is 20.5 Å². The van der Waals surface area contributed by atoms with Gasteiger partial charge in [0.1, 0.15) is 5.02 Å². The van der Waals surface area contributed by atoms with Crippen molar-refractivity contribution in [3.8, 4) is 0 Å². The number of nitrogens with zero attached hydrogens (tertiary/aromatic N) is 4. The van der Waals surface area contributed by atoms with E-state index in [-0.39, 0.29) is 16.4 Å². The van der Waals surface area contributed by atoms with Gasteiger partial charge in [0.05, 0.1) is 34.8 Å². The first-order valence-corrected chi connectivity index (χ1v) is 9.65. The van der Waals surface area contributed by atoms with Crippen molar-refractivity contribution in [2.75, 3.05) is 24.7 Å². The topological polar surface area (TPSA) is 116 Å². The van der Waals surface area contributed by atoms with Crippen LogP contribution < -0.4 is 10.6 Å². The minimum atomic E-state index is -0.635. The Morgan fingerprint density at radius 3 is 2.68 bits per heavy atom. The first-order chi connectivity index (χ1) is 14.9. The number of imidazole rings is 1. The first-order valence-electron chi connectivity index (χ1n) is 9.27. The highest BCUT2D eigenvalue weighted by Gasteiger charge is 2.21. The van der Waals surface area contributed by atoms with Gasteiger partial charge in [-0.25, -0.2) is 9.97 Å². The molecule has 3 N–H and O–H groups in total. The fraction of sp³-hybridized carbons (Fsp3) is 0.0952. The zero-order chi connectivity index (χ0) is 22.0. The number of para-hydroxylation sites is 1. The Bertz CT molecular complexity index is 1290. The molecule has 0 fully saturated rings. The molecule has 1 amide bonds. The second-order valence-corrected chi connectivity index (χ2v) is 7.26. The summed E-state index contributed by atoms with van der Waals surface area (Å²) < 4.78 is 0. The Balaban J connectivity index is 1.61. The summed E-state index contributed by atoms with van der Waals surface area (Å²) in [6.45, 7) is 0. The number of carbonyl (C=O) groups excluding carboxylic acids is 2. The summed E-state index contributed by atoms with van der Waals surface area (Å²) >= 11 is 6.27. The molecule has 0 radical (unpaired) electrons. The van der Waals surface area contributed by atoms with Crippen molar-refractivity contribution in [2.24, 2.45) is 0 Å². The number of Topliss-reactive ketones (excluding diaryl/α,β-unsaturated/α-hetero) is 1. The van der Waals surface area contributed by atoms with E-state index in [4.69, 9.17) is 11.6 Å². The number of hydrogen-bond donors (Lipinski definition) is 3. The van der Waals surface area contributed by atoms with Gasteiger partial charge in [0.2, 0.25) is 5.95 Å². The number of rotatable bonds is 6. The number of anilines is 4. The van der Waals surface area contributed by atoms with Crippen LogP contribution in [0, 0.1) is 0 Å². The van der Waals surface area contributed by atoms with Crippen molar-refractivity contribution < 1.29 is 9.59 Å². The summed E-state index contributed by atoms with van der Waals surface area (Å²) in [6.07, 6.45) is 3.07. The number of aromatic nitrogens is 4. The molecule has 0 aliphatic heterocycles. The molecule has 4 aromatic rings. The molecule has 0 unspecified atom stereocenters. The molecule has 9 nitrogen and oxygen atoms in total. The molecular weight excluding hydrogens is 418 g/mol. The standard InChI is InChI=1S/C21H18ClN7O2/c1-29(2)20(31)18(30)13-5-3-4-6-15(13)27-19-14(22)10-23-21(28-19)26-12-7-8-16-17(9-12)25-11-24-16/h3-11H,1-2H3,(H,24,25)(H2,23,26,27,28). The van der Waals surface area contributed by atoms with Gasteiger partial charge in [0.25, 0.3) is 11.7 Å². The molecule has 0 aliphatic carbocycles. The van der Waals surface area contributed by atoms with Crippen LogP contribution >= 0.6 is 11.6 Å². The Morgan fingerprint density at radius 1 is 1.06 bits per heavy atom. The molecule has 2 aromatic carbocycles. The van der Waals surface area contributed by atoms with E-state index >= 15 is 0 Å². The average Bonchev–Trinajstić information content (AvgIpc) is 3.23. The zero-order valence-electron chi connectivity index (χ0n) is 16.7. The number of amides is 1. The lowest BCUT2D eigenvalue weighted by Gasteiger charge is -2.14. The van der Waals surface area contributed by atoms with Gasteiger partial charge in [0.15, 0.2) is 5.82 Å². The highest BCUT2D eigenvalue weighted by molar-refractivity contribution is 6.43. The molecular formula is C21H18ClN7O2. The van der Waals surface area contributed by atoms with Crippen molar-refractivity contribution in [1.29, 1.82) is 0 Å². The summed E-state index contributed by atoms with van der Waals surface area (Å²) in [4.78, 5) is 41.8. The normalized spacial score (nSPS) is 10.7. The molecule has 2 heterocycles. The molecule has 0 atom stereocenters. The third-order valence-corrected chi connectivity index (χ3v) is 4.72. The SMILES string of the molecule is CN(C)C(=O)C(=O)c1ccccc1Nc1nc(Nc2ccc3[nH]cnc3c2)ncc1Cl. The Hall–Kier alpha value is -3.98. The van der Waals surface area contributed by atoms with Crippen molar-refractivity contribution in [3.05, 3.63) is 65.6 Å².